The fraction of sp³-hybridized carbons (Fsp3) is 0.714. The second kappa shape index (κ2) is 5.93. The Morgan fingerprint density at radius 2 is 2.20 bits per heavy atom. The van der Waals surface area contributed by atoms with E-state index in [4.69, 9.17) is 0 Å². The van der Waals surface area contributed by atoms with Gasteiger partial charge in [-0.1, -0.05) is 0 Å². The molecule has 0 radical (unpaired) electrons. The van der Waals surface area contributed by atoms with Gasteiger partial charge in [-0.25, -0.2) is 4.98 Å². The molecule has 6 nitrogen and oxygen atoms in total. The van der Waals surface area contributed by atoms with Crippen molar-refractivity contribution < 1.29 is 9.90 Å². The van der Waals surface area contributed by atoms with Gasteiger partial charge in [-0.15, -0.1) is 0 Å². The summed E-state index contributed by atoms with van der Waals surface area (Å²) in [6.07, 6.45) is 5.83. The number of hydrogen-bond donors (Lipinski definition) is 2. The number of nitrogens with zero attached hydrogens (tertiary/aromatic N) is 3. The molecule has 3 rings (SSSR count). The predicted octanol–water partition coefficient (Wildman–Crippen LogP) is 0.215. The standard InChI is InChI=1S/C14H22N4O2/c19-12-9-17(10-13-15-3-4-16-13)8-11(12)7-14(20)18-5-1-2-6-18/h3-4,11-12,19H,1-2,5-10H2,(H,15,16)/t11-,12-/m0/s1. The number of nitrogens with one attached hydrogen (secondary N) is 1. The van der Waals surface area contributed by atoms with Gasteiger partial charge in [0.15, 0.2) is 0 Å². The van der Waals surface area contributed by atoms with Crippen molar-refractivity contribution in [2.75, 3.05) is 26.2 Å². The zero-order chi connectivity index (χ0) is 13.9. The predicted molar refractivity (Wildman–Crippen MR) is 73.8 cm³/mol. The molecule has 2 N–H and O–H groups in total. The molecule has 0 aliphatic carbocycles. The van der Waals surface area contributed by atoms with Gasteiger partial charge in [-0.3, -0.25) is 9.69 Å². The Morgan fingerprint density at radius 3 is 2.90 bits per heavy atom. The minimum atomic E-state index is -0.406. The van der Waals surface area contributed by atoms with Gasteiger partial charge in [0.1, 0.15) is 5.82 Å². The Kier molecular flexibility index (Phi) is 4.03. The lowest BCUT2D eigenvalue weighted by Crippen LogP contribution is -2.32. The molecule has 0 saturated carbocycles. The van der Waals surface area contributed by atoms with Crippen LogP contribution in [0.3, 0.4) is 0 Å². The van der Waals surface area contributed by atoms with E-state index >= 15 is 0 Å². The number of β-amino-alcohol motifs (C(OH)–C–C–N with tert-alkyl or cyclic N) is 1. The van der Waals surface area contributed by atoms with Gasteiger partial charge in [0, 0.05) is 50.9 Å². The van der Waals surface area contributed by atoms with Crippen LogP contribution in [0.25, 0.3) is 0 Å². The van der Waals surface area contributed by atoms with Gasteiger partial charge in [0.25, 0.3) is 0 Å². The highest BCUT2D eigenvalue weighted by atomic mass is 16.3. The number of amides is 1. The molecule has 2 aliphatic rings. The van der Waals surface area contributed by atoms with E-state index < -0.39 is 6.10 Å². The number of aromatic amines is 1. The highest BCUT2D eigenvalue weighted by Gasteiger charge is 2.34. The maximum Gasteiger partial charge on any atom is 0.222 e. The molecule has 110 valence electrons. The fourth-order valence-electron chi connectivity index (χ4n) is 3.19. The maximum absolute atomic E-state index is 12.1. The second-order valence-electron chi connectivity index (χ2n) is 5.85. The minimum Gasteiger partial charge on any atom is -0.391 e. The highest BCUT2D eigenvalue weighted by Crippen LogP contribution is 2.23. The van der Waals surface area contributed by atoms with Crippen LogP contribution in [0.1, 0.15) is 25.1 Å². The van der Waals surface area contributed by atoms with Crippen molar-refractivity contribution in [1.82, 2.24) is 19.8 Å². The summed E-state index contributed by atoms with van der Waals surface area (Å²) >= 11 is 0. The number of aliphatic hydroxyl groups excluding tert-OH is 1. The van der Waals surface area contributed by atoms with E-state index in [1.165, 1.54) is 0 Å². The van der Waals surface area contributed by atoms with Gasteiger partial charge in [0.05, 0.1) is 12.6 Å². The number of rotatable bonds is 4. The Hall–Kier alpha value is -1.40. The Balaban J connectivity index is 1.51. The number of likely N-dealkylation sites (tertiary alicyclic amines) is 2. The van der Waals surface area contributed by atoms with E-state index in [1.54, 1.807) is 12.4 Å². The smallest absolute Gasteiger partial charge is 0.222 e. The summed E-state index contributed by atoms with van der Waals surface area (Å²) in [5.41, 5.74) is 0. The topological polar surface area (TPSA) is 72.5 Å². The summed E-state index contributed by atoms with van der Waals surface area (Å²) in [6, 6.07) is 0. The number of carbonyl (C=O) groups is 1. The van der Waals surface area contributed by atoms with Crippen LogP contribution in [-0.2, 0) is 11.3 Å². The van der Waals surface area contributed by atoms with E-state index in [0.717, 1.165) is 38.3 Å². The zero-order valence-electron chi connectivity index (χ0n) is 11.7. The molecule has 20 heavy (non-hydrogen) atoms. The summed E-state index contributed by atoms with van der Waals surface area (Å²) in [5.74, 6) is 1.16. The molecule has 1 aromatic heterocycles. The molecular formula is C14H22N4O2. The fourth-order valence-corrected chi connectivity index (χ4v) is 3.19. The van der Waals surface area contributed by atoms with E-state index in [2.05, 4.69) is 14.9 Å². The van der Waals surface area contributed by atoms with E-state index in [9.17, 15) is 9.90 Å². The highest BCUT2D eigenvalue weighted by molar-refractivity contribution is 5.76. The van der Waals surface area contributed by atoms with Crippen molar-refractivity contribution in [2.24, 2.45) is 5.92 Å². The third-order valence-corrected chi connectivity index (χ3v) is 4.31. The third kappa shape index (κ3) is 3.02. The van der Waals surface area contributed by atoms with Crippen LogP contribution in [0.4, 0.5) is 0 Å². The van der Waals surface area contributed by atoms with Crippen molar-refractivity contribution in [1.29, 1.82) is 0 Å². The lowest BCUT2D eigenvalue weighted by Gasteiger charge is -2.19. The quantitative estimate of drug-likeness (QED) is 0.826. The van der Waals surface area contributed by atoms with Crippen LogP contribution in [-0.4, -0.2) is 63.1 Å². The number of aliphatic hydroxyl groups is 1. The SMILES string of the molecule is O=C(C[C@H]1CN(Cc2ncc[nH]2)C[C@@H]1O)N1CCCC1. The monoisotopic (exact) mass is 278 g/mol. The van der Waals surface area contributed by atoms with Crippen LogP contribution in [0.15, 0.2) is 12.4 Å². The first-order valence-corrected chi connectivity index (χ1v) is 7.39. The first-order valence-electron chi connectivity index (χ1n) is 7.39. The Morgan fingerprint density at radius 1 is 1.40 bits per heavy atom. The molecule has 0 aromatic carbocycles. The molecule has 2 aliphatic heterocycles. The Labute approximate surface area is 118 Å². The summed E-state index contributed by atoms with van der Waals surface area (Å²) < 4.78 is 0. The number of carbonyl (C=O) groups excluding carboxylic acids is 1. The summed E-state index contributed by atoms with van der Waals surface area (Å²) in [5, 5.41) is 10.1. The lowest BCUT2D eigenvalue weighted by atomic mass is 10.0. The zero-order valence-corrected chi connectivity index (χ0v) is 11.7. The van der Waals surface area contributed by atoms with E-state index in [-0.39, 0.29) is 11.8 Å². The molecular weight excluding hydrogens is 256 g/mol. The molecule has 2 fully saturated rings. The lowest BCUT2D eigenvalue weighted by molar-refractivity contribution is -0.131. The van der Waals surface area contributed by atoms with Gasteiger partial charge in [-0.05, 0) is 12.8 Å². The Bertz CT molecular complexity index is 442. The molecule has 0 bridgehead atoms. The first kappa shape index (κ1) is 13.6. The molecule has 1 amide bonds. The number of H-pyrrole nitrogens is 1. The van der Waals surface area contributed by atoms with Crippen molar-refractivity contribution in [3.8, 4) is 0 Å². The molecule has 2 saturated heterocycles. The summed E-state index contributed by atoms with van der Waals surface area (Å²) in [7, 11) is 0. The number of hydrogen-bond acceptors (Lipinski definition) is 4. The van der Waals surface area contributed by atoms with Crippen molar-refractivity contribution in [2.45, 2.75) is 31.9 Å². The second-order valence-corrected chi connectivity index (χ2v) is 5.85. The molecule has 3 heterocycles. The number of aromatic nitrogens is 2. The molecule has 6 heteroatoms. The van der Waals surface area contributed by atoms with Crippen LogP contribution in [0.5, 0.6) is 0 Å². The largest absolute Gasteiger partial charge is 0.391 e. The van der Waals surface area contributed by atoms with Gasteiger partial charge >= 0.3 is 0 Å². The van der Waals surface area contributed by atoms with Crippen molar-refractivity contribution in [3.63, 3.8) is 0 Å². The van der Waals surface area contributed by atoms with Gasteiger partial charge < -0.3 is 15.0 Å². The van der Waals surface area contributed by atoms with Crippen LogP contribution in [0.2, 0.25) is 0 Å². The van der Waals surface area contributed by atoms with Crippen molar-refractivity contribution >= 4 is 5.91 Å². The third-order valence-electron chi connectivity index (χ3n) is 4.31. The maximum atomic E-state index is 12.1. The molecule has 2 atom stereocenters. The number of imidazole rings is 1. The van der Waals surface area contributed by atoms with Crippen LogP contribution >= 0.6 is 0 Å². The molecule has 1 aromatic rings. The van der Waals surface area contributed by atoms with E-state index in [1.807, 2.05) is 4.90 Å². The van der Waals surface area contributed by atoms with Crippen molar-refractivity contribution in [3.05, 3.63) is 18.2 Å². The average Bonchev–Trinajstić information content (AvgIpc) is 3.14. The average molecular weight is 278 g/mol. The van der Waals surface area contributed by atoms with Gasteiger partial charge in [-0.2, -0.15) is 0 Å². The normalized spacial score (nSPS) is 27.4. The molecule has 0 spiro atoms. The van der Waals surface area contributed by atoms with Crippen LogP contribution in [0, 0.1) is 5.92 Å². The van der Waals surface area contributed by atoms with Gasteiger partial charge in [0.2, 0.25) is 5.91 Å². The van der Waals surface area contributed by atoms with E-state index in [0.29, 0.717) is 19.5 Å². The summed E-state index contributed by atoms with van der Waals surface area (Å²) in [4.78, 5) is 23.5. The molecule has 0 unspecified atom stereocenters. The first-order chi connectivity index (χ1) is 9.72. The van der Waals surface area contributed by atoms with Crippen LogP contribution < -0.4 is 0 Å². The minimum absolute atomic E-state index is 0.0538. The summed E-state index contributed by atoms with van der Waals surface area (Å²) in [6.45, 7) is 3.87.